The fourth-order valence-corrected chi connectivity index (χ4v) is 1.72. The molecular weight excluding hydrogens is 214 g/mol. The number of hydrogen-bond acceptors (Lipinski definition) is 3. The fraction of sp³-hybridized carbons (Fsp3) is 0.0714. The van der Waals surface area contributed by atoms with Crippen LogP contribution in [0.3, 0.4) is 0 Å². The predicted octanol–water partition coefficient (Wildman–Crippen LogP) is 2.51. The van der Waals surface area contributed by atoms with Crippen molar-refractivity contribution in [2.75, 3.05) is 5.73 Å². The highest BCUT2D eigenvalue weighted by atomic mass is 16.3. The molecule has 0 aliphatic rings. The van der Waals surface area contributed by atoms with Crippen LogP contribution in [-0.4, -0.2) is 10.9 Å². The van der Waals surface area contributed by atoms with E-state index in [0.717, 1.165) is 5.56 Å². The van der Waals surface area contributed by atoms with E-state index in [9.17, 15) is 9.90 Å². The van der Waals surface area contributed by atoms with Crippen LogP contribution >= 0.6 is 0 Å². The number of anilines is 1. The van der Waals surface area contributed by atoms with Crippen molar-refractivity contribution in [1.82, 2.24) is 0 Å². The van der Waals surface area contributed by atoms with Gasteiger partial charge >= 0.3 is 0 Å². The van der Waals surface area contributed by atoms with Gasteiger partial charge < -0.3 is 10.8 Å². The second-order valence-electron chi connectivity index (χ2n) is 3.95. The predicted molar refractivity (Wildman–Crippen MR) is 67.1 cm³/mol. The molecule has 0 fully saturated rings. The summed E-state index contributed by atoms with van der Waals surface area (Å²) in [7, 11) is 0. The monoisotopic (exact) mass is 227 g/mol. The second kappa shape index (κ2) is 4.29. The minimum Gasteiger partial charge on any atom is -0.505 e. The van der Waals surface area contributed by atoms with Crippen LogP contribution in [0.2, 0.25) is 0 Å². The van der Waals surface area contributed by atoms with Crippen molar-refractivity contribution in [2.45, 2.75) is 6.92 Å². The molecule has 2 rings (SSSR count). The van der Waals surface area contributed by atoms with E-state index in [-0.39, 0.29) is 22.8 Å². The third-order valence-electron chi connectivity index (χ3n) is 2.56. The molecule has 2 aromatic rings. The van der Waals surface area contributed by atoms with Gasteiger partial charge in [-0.05, 0) is 24.6 Å². The van der Waals surface area contributed by atoms with E-state index in [2.05, 4.69) is 0 Å². The highest BCUT2D eigenvalue weighted by Crippen LogP contribution is 2.28. The van der Waals surface area contributed by atoms with Crippen LogP contribution in [0.5, 0.6) is 5.75 Å². The molecule has 17 heavy (non-hydrogen) atoms. The van der Waals surface area contributed by atoms with Gasteiger partial charge in [0.2, 0.25) is 0 Å². The zero-order chi connectivity index (χ0) is 12.4. The maximum atomic E-state index is 12.2. The van der Waals surface area contributed by atoms with Crippen molar-refractivity contribution in [3.05, 3.63) is 59.2 Å². The van der Waals surface area contributed by atoms with Gasteiger partial charge in [0.15, 0.2) is 5.78 Å². The number of hydrogen-bond donors (Lipinski definition) is 2. The number of phenolic OH excluding ortho intramolecular Hbond substituents is 1. The van der Waals surface area contributed by atoms with Gasteiger partial charge in [0.05, 0.1) is 11.3 Å². The number of aromatic hydroxyl groups is 1. The first-order valence-corrected chi connectivity index (χ1v) is 5.28. The van der Waals surface area contributed by atoms with Gasteiger partial charge in [0.1, 0.15) is 5.75 Å². The molecule has 3 nitrogen and oxygen atoms in total. The molecule has 0 aliphatic heterocycles. The van der Waals surface area contributed by atoms with Crippen LogP contribution in [-0.2, 0) is 0 Å². The minimum atomic E-state index is -0.224. The quantitative estimate of drug-likeness (QED) is 0.470. The standard InChI is InChI=1S/C14H13NO2/c1-9-7-11(14(17)12(15)8-9)13(16)10-5-3-2-4-6-10/h2-8,17H,15H2,1H3. The lowest BCUT2D eigenvalue weighted by molar-refractivity contribution is 0.103. The largest absolute Gasteiger partial charge is 0.505 e. The topological polar surface area (TPSA) is 63.3 Å². The molecule has 86 valence electrons. The summed E-state index contributed by atoms with van der Waals surface area (Å²) >= 11 is 0. The van der Waals surface area contributed by atoms with E-state index in [4.69, 9.17) is 5.73 Å². The van der Waals surface area contributed by atoms with Gasteiger partial charge in [-0.25, -0.2) is 0 Å². The number of ketones is 1. The van der Waals surface area contributed by atoms with Crippen molar-refractivity contribution in [3.8, 4) is 5.75 Å². The SMILES string of the molecule is Cc1cc(N)c(O)c(C(=O)c2ccccc2)c1. The summed E-state index contributed by atoms with van der Waals surface area (Å²) in [6.45, 7) is 1.83. The Morgan fingerprint density at radius 2 is 1.82 bits per heavy atom. The van der Waals surface area contributed by atoms with Crippen LogP contribution in [0.25, 0.3) is 0 Å². The molecule has 0 saturated heterocycles. The smallest absolute Gasteiger partial charge is 0.196 e. The van der Waals surface area contributed by atoms with Gasteiger partial charge in [0.25, 0.3) is 0 Å². The Labute approximate surface area is 99.5 Å². The first-order valence-electron chi connectivity index (χ1n) is 5.28. The molecule has 3 heteroatoms. The van der Waals surface area contributed by atoms with Crippen LogP contribution in [0.1, 0.15) is 21.5 Å². The molecule has 0 spiro atoms. The Morgan fingerprint density at radius 1 is 1.18 bits per heavy atom. The fourth-order valence-electron chi connectivity index (χ4n) is 1.72. The van der Waals surface area contributed by atoms with Gasteiger partial charge in [-0.3, -0.25) is 4.79 Å². The average Bonchev–Trinajstić information content (AvgIpc) is 2.34. The zero-order valence-corrected chi connectivity index (χ0v) is 9.47. The molecule has 2 aromatic carbocycles. The van der Waals surface area contributed by atoms with Gasteiger partial charge in [0, 0.05) is 5.56 Å². The maximum absolute atomic E-state index is 12.2. The van der Waals surface area contributed by atoms with Crippen molar-refractivity contribution in [1.29, 1.82) is 0 Å². The van der Waals surface area contributed by atoms with Crippen molar-refractivity contribution in [3.63, 3.8) is 0 Å². The second-order valence-corrected chi connectivity index (χ2v) is 3.95. The lowest BCUT2D eigenvalue weighted by atomic mass is 10.00. The Bertz CT molecular complexity index is 562. The number of rotatable bonds is 2. The minimum absolute atomic E-state index is 0.149. The zero-order valence-electron chi connectivity index (χ0n) is 9.47. The molecule has 0 aliphatic carbocycles. The lowest BCUT2D eigenvalue weighted by Crippen LogP contribution is -2.03. The van der Waals surface area contributed by atoms with Crippen molar-refractivity contribution in [2.24, 2.45) is 0 Å². The number of nitrogen functional groups attached to an aromatic ring is 1. The summed E-state index contributed by atoms with van der Waals surface area (Å²) in [6, 6.07) is 12.1. The van der Waals surface area contributed by atoms with Crippen LogP contribution in [0.15, 0.2) is 42.5 Å². The van der Waals surface area contributed by atoms with Crippen LogP contribution < -0.4 is 5.73 Å². The number of carbonyl (C=O) groups excluding carboxylic acids is 1. The third-order valence-corrected chi connectivity index (χ3v) is 2.56. The highest BCUT2D eigenvalue weighted by Gasteiger charge is 2.15. The molecule has 0 radical (unpaired) electrons. The first-order chi connectivity index (χ1) is 8.09. The molecule has 3 N–H and O–H groups in total. The van der Waals surface area contributed by atoms with E-state index in [1.165, 1.54) is 0 Å². The van der Waals surface area contributed by atoms with E-state index < -0.39 is 0 Å². The van der Waals surface area contributed by atoms with Crippen molar-refractivity contribution < 1.29 is 9.90 Å². The third kappa shape index (κ3) is 2.13. The first kappa shape index (κ1) is 11.2. The van der Waals surface area contributed by atoms with E-state index in [1.54, 1.807) is 36.4 Å². The molecule has 0 amide bonds. The summed E-state index contributed by atoms with van der Waals surface area (Å²) in [4.78, 5) is 12.2. The van der Waals surface area contributed by atoms with Gasteiger partial charge in [-0.15, -0.1) is 0 Å². The Balaban J connectivity index is 2.52. The summed E-state index contributed by atoms with van der Waals surface area (Å²) in [5.74, 6) is -0.372. The molecule has 0 saturated carbocycles. The highest BCUT2D eigenvalue weighted by molar-refractivity contribution is 6.11. The van der Waals surface area contributed by atoms with E-state index in [1.807, 2.05) is 13.0 Å². The van der Waals surface area contributed by atoms with Crippen molar-refractivity contribution >= 4 is 11.5 Å². The Hall–Kier alpha value is -2.29. The average molecular weight is 227 g/mol. The summed E-state index contributed by atoms with van der Waals surface area (Å²) in [5.41, 5.74) is 7.49. The Kier molecular flexibility index (Phi) is 2.83. The maximum Gasteiger partial charge on any atom is 0.196 e. The molecule has 0 unspecified atom stereocenters. The summed E-state index contributed by atoms with van der Waals surface area (Å²) in [6.07, 6.45) is 0. The van der Waals surface area contributed by atoms with E-state index in [0.29, 0.717) is 5.56 Å². The van der Waals surface area contributed by atoms with Gasteiger partial charge in [-0.1, -0.05) is 30.3 Å². The number of carbonyl (C=O) groups is 1. The number of aryl methyl sites for hydroxylation is 1. The van der Waals surface area contributed by atoms with Gasteiger partial charge in [-0.2, -0.15) is 0 Å². The van der Waals surface area contributed by atoms with Crippen LogP contribution in [0.4, 0.5) is 5.69 Å². The molecule has 0 bridgehead atoms. The number of phenols is 1. The molecule has 0 heterocycles. The summed E-state index contributed by atoms with van der Waals surface area (Å²) < 4.78 is 0. The Morgan fingerprint density at radius 3 is 2.47 bits per heavy atom. The van der Waals surface area contributed by atoms with E-state index >= 15 is 0 Å². The molecule has 0 aromatic heterocycles. The molecule has 0 atom stereocenters. The lowest BCUT2D eigenvalue weighted by Gasteiger charge is -2.07. The molecular formula is C14H13NO2. The van der Waals surface area contributed by atoms with Crippen LogP contribution in [0, 0.1) is 6.92 Å². The summed E-state index contributed by atoms with van der Waals surface area (Å²) in [5, 5.41) is 9.81. The number of benzene rings is 2. The normalized spacial score (nSPS) is 10.2. The number of nitrogens with two attached hydrogens (primary N) is 1.